The molecule has 0 aliphatic carbocycles. The van der Waals surface area contributed by atoms with E-state index in [0.717, 1.165) is 55.0 Å². The average Bonchev–Trinajstić information content (AvgIpc) is 1.73. The Hall–Kier alpha value is 0.846. The summed E-state index contributed by atoms with van der Waals surface area (Å²) in [7, 11) is 0. The SMILES string of the molecule is C=CC(=O)O.[CH3][K]. The number of carboxylic acids is 1. The van der Waals surface area contributed by atoms with Crippen molar-refractivity contribution in [2.75, 3.05) is 0 Å². The Bertz CT molecular complexity index is 60.7. The molecule has 0 aliphatic heterocycles. The summed E-state index contributed by atoms with van der Waals surface area (Å²) in [6.07, 6.45) is 0.833. The van der Waals surface area contributed by atoms with Crippen LogP contribution in [0.4, 0.5) is 0 Å². The Morgan fingerprint density at radius 1 is 1.86 bits per heavy atom. The van der Waals surface area contributed by atoms with Gasteiger partial charge in [0.15, 0.2) is 0 Å². The van der Waals surface area contributed by atoms with E-state index < -0.39 is 5.97 Å². The quantitative estimate of drug-likeness (QED) is 0.409. The molecule has 0 spiro atoms. The van der Waals surface area contributed by atoms with Gasteiger partial charge in [0.2, 0.25) is 0 Å². The third-order valence-corrected chi connectivity index (χ3v) is 0.175. The monoisotopic (exact) mass is 126 g/mol. The first-order chi connectivity index (χ1) is 3.27. The van der Waals surface area contributed by atoms with Crippen LogP contribution in [0.15, 0.2) is 12.7 Å². The molecule has 0 aromatic rings. The molecule has 0 aromatic heterocycles. The molecule has 3 heteroatoms. The van der Waals surface area contributed by atoms with Crippen LogP contribution in [-0.2, 0) is 4.79 Å². The Morgan fingerprint density at radius 3 is 2.00 bits per heavy atom. The molecule has 0 unspecified atom stereocenters. The molecule has 0 saturated carbocycles. The first kappa shape index (κ1) is 10.8. The van der Waals surface area contributed by atoms with Crippen LogP contribution in [-0.4, -0.2) is 60.0 Å². The fourth-order valence-electron chi connectivity index (χ4n) is 0. The normalized spacial score (nSPS) is 5.57. The maximum absolute atomic E-state index is 9.25. The zero-order chi connectivity index (χ0) is 6.28. The molecule has 0 heterocycles. The van der Waals surface area contributed by atoms with Crippen molar-refractivity contribution in [2.45, 2.75) is 1.02 Å². The van der Waals surface area contributed by atoms with E-state index in [1.807, 2.05) is 0 Å². The molecule has 1 N–H and O–H groups in total. The Labute approximate surface area is 77.2 Å². The van der Waals surface area contributed by atoms with Gasteiger partial charge in [-0.25, -0.2) is 4.79 Å². The minimum absolute atomic E-state index is 0.833. The van der Waals surface area contributed by atoms with E-state index in [4.69, 9.17) is 5.11 Å². The Kier molecular flexibility index (Phi) is 15.3. The summed E-state index contributed by atoms with van der Waals surface area (Å²) in [5.41, 5.74) is 0. The third-order valence-electron chi connectivity index (χ3n) is 0.175. The zero-order valence-corrected chi connectivity index (χ0v) is 7.76. The molecule has 0 amide bonds. The molecule has 0 aliphatic rings. The van der Waals surface area contributed by atoms with Crippen molar-refractivity contribution in [3.63, 3.8) is 0 Å². The number of aliphatic carboxylic acids is 1. The molecule has 0 atom stereocenters. The van der Waals surface area contributed by atoms with Crippen molar-refractivity contribution in [2.24, 2.45) is 0 Å². The molecule has 0 saturated heterocycles. The van der Waals surface area contributed by atoms with E-state index in [1.165, 1.54) is 0 Å². The molecule has 0 rings (SSSR count). The predicted octanol–water partition coefficient (Wildman–Crippen LogP) is 0.460. The number of carboxylic acid groups (broad SMARTS) is 1. The van der Waals surface area contributed by atoms with Gasteiger partial charge in [0, 0.05) is 6.08 Å². The predicted molar refractivity (Wildman–Crippen MR) is 29.5 cm³/mol. The van der Waals surface area contributed by atoms with Gasteiger partial charge in [-0.05, 0) is 0 Å². The fraction of sp³-hybridized carbons (Fsp3) is 0.250. The van der Waals surface area contributed by atoms with E-state index in [-0.39, 0.29) is 0 Å². The van der Waals surface area contributed by atoms with E-state index >= 15 is 0 Å². The van der Waals surface area contributed by atoms with Crippen molar-refractivity contribution < 1.29 is 9.90 Å². The van der Waals surface area contributed by atoms with Gasteiger partial charge < -0.3 is 5.11 Å². The Balaban J connectivity index is 0. The van der Waals surface area contributed by atoms with Crippen LogP contribution < -0.4 is 0 Å². The van der Waals surface area contributed by atoms with Gasteiger partial charge in [0.25, 0.3) is 0 Å². The summed E-state index contributed by atoms with van der Waals surface area (Å²) in [4.78, 5) is 9.25. The van der Waals surface area contributed by atoms with Gasteiger partial charge in [-0.2, -0.15) is 0 Å². The summed E-state index contributed by atoms with van der Waals surface area (Å²) >= 11 is 1.06. The molecule has 36 valence electrons. The number of rotatable bonds is 1. The van der Waals surface area contributed by atoms with Crippen molar-refractivity contribution in [3.8, 4) is 0 Å². The second-order valence-corrected chi connectivity index (χ2v) is 0.542. The topological polar surface area (TPSA) is 37.3 Å². The zero-order valence-electron chi connectivity index (χ0n) is 4.64. The van der Waals surface area contributed by atoms with Gasteiger partial charge in [-0.1, -0.05) is 6.58 Å². The standard InChI is InChI=1S/C3H4O2.CH3.K/c1-2-3(4)5;;/h2H,1H2,(H,4,5);1H3;. The van der Waals surface area contributed by atoms with Crippen LogP contribution in [0.1, 0.15) is 0 Å². The molecule has 0 radical (unpaired) electrons. The molecular weight excluding hydrogens is 119 g/mol. The molecule has 2 nitrogen and oxygen atoms in total. The number of carbonyl (C=O) groups is 1. The summed E-state index contributed by atoms with van der Waals surface area (Å²) in [6, 6.07) is 0. The average molecular weight is 126 g/mol. The minimum atomic E-state index is -0.981. The fourth-order valence-corrected chi connectivity index (χ4v) is 0. The molecule has 0 fully saturated rings. The molecule has 0 aromatic carbocycles. The second-order valence-electron chi connectivity index (χ2n) is 0.542. The molecule has 7 heavy (non-hydrogen) atoms. The molecular formula is C4H7KO2. The van der Waals surface area contributed by atoms with Gasteiger partial charge in [0.1, 0.15) is 0 Å². The van der Waals surface area contributed by atoms with Gasteiger partial charge in [-0.3, -0.25) is 0 Å². The molecule has 0 bridgehead atoms. The van der Waals surface area contributed by atoms with Crippen LogP contribution in [0.2, 0.25) is 1.02 Å². The summed E-state index contributed by atoms with van der Waals surface area (Å²) in [5, 5.41) is 7.60. The first-order valence-electron chi connectivity index (χ1n) is 2.12. The van der Waals surface area contributed by atoms with Crippen molar-refractivity contribution in [1.29, 1.82) is 0 Å². The van der Waals surface area contributed by atoms with E-state index in [0.29, 0.717) is 0 Å². The second kappa shape index (κ2) is 9.96. The Morgan fingerprint density at radius 2 is 2.00 bits per heavy atom. The maximum atomic E-state index is 9.25. The van der Waals surface area contributed by atoms with Crippen LogP contribution in [0.25, 0.3) is 0 Å². The summed E-state index contributed by atoms with van der Waals surface area (Å²) in [5.74, 6) is -0.981. The third kappa shape index (κ3) is 19.8. The van der Waals surface area contributed by atoms with E-state index in [2.05, 4.69) is 7.60 Å². The van der Waals surface area contributed by atoms with Crippen molar-refractivity contribution in [1.82, 2.24) is 0 Å². The van der Waals surface area contributed by atoms with Crippen LogP contribution in [0.3, 0.4) is 0 Å². The number of hydrogen-bond acceptors (Lipinski definition) is 1. The van der Waals surface area contributed by atoms with E-state index in [1.54, 1.807) is 0 Å². The van der Waals surface area contributed by atoms with Gasteiger partial charge in [0.05, 0.1) is 0 Å². The van der Waals surface area contributed by atoms with Crippen LogP contribution in [0, 0.1) is 0 Å². The van der Waals surface area contributed by atoms with E-state index in [9.17, 15) is 4.79 Å². The van der Waals surface area contributed by atoms with Crippen molar-refractivity contribution >= 4 is 54.9 Å². The number of hydrogen-bond donors (Lipinski definition) is 1. The van der Waals surface area contributed by atoms with Crippen LogP contribution in [0.5, 0.6) is 0 Å². The van der Waals surface area contributed by atoms with Gasteiger partial charge in [-0.15, -0.1) is 0 Å². The van der Waals surface area contributed by atoms with Crippen molar-refractivity contribution in [3.05, 3.63) is 12.7 Å². The summed E-state index contributed by atoms with van der Waals surface area (Å²) in [6.45, 7) is 2.96. The van der Waals surface area contributed by atoms with Gasteiger partial charge >= 0.3 is 55.9 Å². The first-order valence-corrected chi connectivity index (χ1v) is 5.25. The van der Waals surface area contributed by atoms with Crippen LogP contribution >= 0.6 is 0 Å². The summed E-state index contributed by atoms with van der Waals surface area (Å²) < 4.78 is 2.19.